The lowest BCUT2D eigenvalue weighted by Crippen LogP contribution is -2.23. The van der Waals surface area contributed by atoms with E-state index in [4.69, 9.17) is 0 Å². The average Bonchev–Trinajstić information content (AvgIpc) is 2.44. The number of hydrogen-bond donors (Lipinski definition) is 1. The van der Waals surface area contributed by atoms with Gasteiger partial charge in [0.25, 0.3) is 5.91 Å². The molecule has 0 bridgehead atoms. The third-order valence-corrected chi connectivity index (χ3v) is 3.25. The average molecular weight is 389 g/mol. The predicted molar refractivity (Wildman–Crippen MR) is 81.0 cm³/mol. The number of rotatable bonds is 4. The maximum Gasteiger partial charge on any atom is 0.573 e. The van der Waals surface area contributed by atoms with E-state index in [2.05, 4.69) is 31.0 Å². The largest absolute Gasteiger partial charge is 0.573 e. The highest BCUT2D eigenvalue weighted by molar-refractivity contribution is 9.10. The Hall–Kier alpha value is -2.09. The minimum atomic E-state index is -4.82. The summed E-state index contributed by atoms with van der Waals surface area (Å²) in [6.45, 7) is 2.06. The van der Waals surface area contributed by atoms with E-state index in [9.17, 15) is 18.0 Å². The summed E-state index contributed by atoms with van der Waals surface area (Å²) < 4.78 is 40.9. The summed E-state index contributed by atoms with van der Waals surface area (Å²) in [6, 6.07) is 7.18. The fraction of sp³-hybridized carbons (Fsp3) is 0.200. The molecule has 0 saturated heterocycles. The number of nitrogens with one attached hydrogen (secondary N) is 1. The van der Waals surface area contributed by atoms with Gasteiger partial charge in [0.1, 0.15) is 5.75 Å². The minimum Gasteiger partial charge on any atom is -0.406 e. The van der Waals surface area contributed by atoms with Crippen LogP contribution in [0.2, 0.25) is 0 Å². The van der Waals surface area contributed by atoms with E-state index in [1.165, 1.54) is 6.07 Å². The van der Waals surface area contributed by atoms with Crippen LogP contribution in [-0.2, 0) is 6.54 Å². The van der Waals surface area contributed by atoms with Crippen molar-refractivity contribution in [3.63, 3.8) is 0 Å². The Morgan fingerprint density at radius 2 is 2.04 bits per heavy atom. The van der Waals surface area contributed by atoms with Crippen LogP contribution in [0.15, 0.2) is 41.0 Å². The van der Waals surface area contributed by atoms with Gasteiger partial charge in [0.05, 0.1) is 0 Å². The highest BCUT2D eigenvalue weighted by Gasteiger charge is 2.31. The molecule has 0 aliphatic carbocycles. The summed E-state index contributed by atoms with van der Waals surface area (Å²) in [5.74, 6) is -0.979. The van der Waals surface area contributed by atoms with Crippen LogP contribution in [0.1, 0.15) is 21.6 Å². The second-order valence-corrected chi connectivity index (χ2v) is 5.63. The van der Waals surface area contributed by atoms with Crippen molar-refractivity contribution < 1.29 is 22.7 Å². The number of hydrogen-bond acceptors (Lipinski definition) is 3. The fourth-order valence-corrected chi connectivity index (χ4v) is 2.25. The molecule has 0 unspecified atom stereocenters. The van der Waals surface area contributed by atoms with Crippen molar-refractivity contribution in [1.29, 1.82) is 0 Å². The molecule has 2 aromatic rings. The number of aromatic nitrogens is 1. The molecule has 8 heteroatoms. The Morgan fingerprint density at radius 3 is 2.65 bits per heavy atom. The number of nitrogens with zero attached hydrogens (tertiary/aromatic N) is 1. The standard InChI is InChI=1S/C15H12BrF3N2O2/c1-9-2-3-10(7-20-9)8-21-14(22)11-4-12(16)6-13(5-11)23-15(17,18)19/h2-7H,8H2,1H3,(H,21,22). The van der Waals surface area contributed by atoms with Crippen molar-refractivity contribution >= 4 is 21.8 Å². The fourth-order valence-electron chi connectivity index (χ4n) is 1.77. The summed E-state index contributed by atoms with van der Waals surface area (Å²) >= 11 is 3.06. The predicted octanol–water partition coefficient (Wildman–Crippen LogP) is 3.98. The summed E-state index contributed by atoms with van der Waals surface area (Å²) in [5, 5.41) is 2.62. The molecule has 0 radical (unpaired) electrons. The molecule has 0 spiro atoms. The minimum absolute atomic E-state index is 0.0543. The molecule has 4 nitrogen and oxygen atoms in total. The molecule has 0 aliphatic rings. The van der Waals surface area contributed by atoms with Gasteiger partial charge in [-0.3, -0.25) is 9.78 Å². The molecule has 0 atom stereocenters. The van der Waals surface area contributed by atoms with E-state index in [1.807, 2.05) is 13.0 Å². The van der Waals surface area contributed by atoms with Crippen LogP contribution in [0.3, 0.4) is 0 Å². The zero-order valence-electron chi connectivity index (χ0n) is 11.9. The van der Waals surface area contributed by atoms with Crippen LogP contribution in [0.25, 0.3) is 0 Å². The first-order valence-electron chi connectivity index (χ1n) is 6.49. The Kier molecular flexibility index (Phi) is 5.25. The number of aryl methyl sites for hydroxylation is 1. The maximum absolute atomic E-state index is 12.3. The van der Waals surface area contributed by atoms with Crippen molar-refractivity contribution in [2.45, 2.75) is 19.8 Å². The Morgan fingerprint density at radius 1 is 1.30 bits per heavy atom. The van der Waals surface area contributed by atoms with Gasteiger partial charge in [-0.05, 0) is 36.8 Å². The summed E-state index contributed by atoms with van der Waals surface area (Å²) in [4.78, 5) is 16.2. The monoisotopic (exact) mass is 388 g/mol. The second-order valence-electron chi connectivity index (χ2n) is 4.71. The lowest BCUT2D eigenvalue weighted by molar-refractivity contribution is -0.274. The molecular formula is C15H12BrF3N2O2. The lowest BCUT2D eigenvalue weighted by atomic mass is 10.2. The van der Waals surface area contributed by atoms with Gasteiger partial charge in [-0.25, -0.2) is 0 Å². The smallest absolute Gasteiger partial charge is 0.406 e. The summed E-state index contributed by atoms with van der Waals surface area (Å²) in [6.07, 6.45) is -3.20. The number of carbonyl (C=O) groups excluding carboxylic acids is 1. The molecule has 0 fully saturated rings. The number of ether oxygens (including phenoxy) is 1. The Bertz CT molecular complexity index is 703. The quantitative estimate of drug-likeness (QED) is 0.861. The van der Waals surface area contributed by atoms with Gasteiger partial charge >= 0.3 is 6.36 Å². The SMILES string of the molecule is Cc1ccc(CNC(=O)c2cc(Br)cc(OC(F)(F)F)c2)cn1. The van der Waals surface area contributed by atoms with E-state index in [0.29, 0.717) is 4.47 Å². The molecular weight excluding hydrogens is 377 g/mol. The highest BCUT2D eigenvalue weighted by atomic mass is 79.9. The third kappa shape index (κ3) is 5.55. The van der Waals surface area contributed by atoms with E-state index in [1.54, 1.807) is 12.3 Å². The summed E-state index contributed by atoms with van der Waals surface area (Å²) in [5.41, 5.74) is 1.69. The van der Waals surface area contributed by atoms with Crippen molar-refractivity contribution in [1.82, 2.24) is 10.3 Å². The number of alkyl halides is 3. The summed E-state index contributed by atoms with van der Waals surface area (Å²) in [7, 11) is 0. The van der Waals surface area contributed by atoms with Crippen LogP contribution in [0.4, 0.5) is 13.2 Å². The normalized spacial score (nSPS) is 11.2. The molecule has 122 valence electrons. The van der Waals surface area contributed by atoms with Gasteiger partial charge in [-0.2, -0.15) is 0 Å². The zero-order chi connectivity index (χ0) is 17.0. The maximum atomic E-state index is 12.3. The van der Waals surface area contributed by atoms with Crippen LogP contribution in [0, 0.1) is 6.92 Å². The van der Waals surface area contributed by atoms with E-state index < -0.39 is 18.0 Å². The third-order valence-electron chi connectivity index (χ3n) is 2.79. The molecule has 1 amide bonds. The van der Waals surface area contributed by atoms with Gasteiger partial charge in [-0.15, -0.1) is 13.2 Å². The van der Waals surface area contributed by atoms with E-state index >= 15 is 0 Å². The van der Waals surface area contributed by atoms with Crippen LogP contribution >= 0.6 is 15.9 Å². The molecule has 1 aromatic heterocycles. The van der Waals surface area contributed by atoms with Gasteiger partial charge in [0, 0.05) is 28.5 Å². The number of pyridine rings is 1. The van der Waals surface area contributed by atoms with Crippen molar-refractivity contribution in [2.75, 3.05) is 0 Å². The van der Waals surface area contributed by atoms with Crippen molar-refractivity contribution in [3.05, 3.63) is 57.8 Å². The van der Waals surface area contributed by atoms with Crippen molar-refractivity contribution in [2.24, 2.45) is 0 Å². The zero-order valence-corrected chi connectivity index (χ0v) is 13.5. The Labute approximate surface area is 138 Å². The molecule has 1 N–H and O–H groups in total. The molecule has 1 aromatic carbocycles. The first-order chi connectivity index (χ1) is 10.7. The van der Waals surface area contributed by atoms with Gasteiger partial charge in [0.2, 0.25) is 0 Å². The van der Waals surface area contributed by atoms with Gasteiger partial charge < -0.3 is 10.1 Å². The number of benzene rings is 1. The van der Waals surface area contributed by atoms with Crippen LogP contribution in [0.5, 0.6) is 5.75 Å². The molecule has 0 aliphatic heterocycles. The van der Waals surface area contributed by atoms with E-state index in [0.717, 1.165) is 23.4 Å². The number of carbonyl (C=O) groups is 1. The van der Waals surface area contributed by atoms with Gasteiger partial charge in [0.15, 0.2) is 0 Å². The van der Waals surface area contributed by atoms with Crippen molar-refractivity contribution in [3.8, 4) is 5.75 Å². The number of halogens is 4. The second kappa shape index (κ2) is 6.99. The van der Waals surface area contributed by atoms with E-state index in [-0.39, 0.29) is 12.1 Å². The first-order valence-corrected chi connectivity index (χ1v) is 7.28. The first kappa shape index (κ1) is 17.3. The lowest BCUT2D eigenvalue weighted by Gasteiger charge is -2.11. The number of amides is 1. The van der Waals surface area contributed by atoms with Gasteiger partial charge in [-0.1, -0.05) is 22.0 Å². The van der Waals surface area contributed by atoms with Crippen LogP contribution < -0.4 is 10.1 Å². The molecule has 1 heterocycles. The molecule has 0 saturated carbocycles. The molecule has 2 rings (SSSR count). The topological polar surface area (TPSA) is 51.2 Å². The molecule has 23 heavy (non-hydrogen) atoms. The Balaban J connectivity index is 2.08. The highest BCUT2D eigenvalue weighted by Crippen LogP contribution is 2.27. The van der Waals surface area contributed by atoms with Crippen LogP contribution in [-0.4, -0.2) is 17.3 Å².